The number of nitrogens with two attached hydrogens (primary N) is 1. The predicted molar refractivity (Wildman–Crippen MR) is 62.5 cm³/mol. The predicted octanol–water partition coefficient (Wildman–Crippen LogP) is 1.16. The van der Waals surface area contributed by atoms with Crippen LogP contribution in [-0.4, -0.2) is 29.5 Å². The Bertz CT molecular complexity index is 347. The molecule has 0 saturated carbocycles. The lowest BCUT2D eigenvalue weighted by Crippen LogP contribution is -2.20. The van der Waals surface area contributed by atoms with Crippen molar-refractivity contribution in [1.29, 1.82) is 0 Å². The summed E-state index contributed by atoms with van der Waals surface area (Å²) in [6.45, 7) is 6.33. The molecule has 0 amide bonds. The van der Waals surface area contributed by atoms with E-state index in [9.17, 15) is 0 Å². The Morgan fingerprint density at radius 2 is 2.06 bits per heavy atom. The summed E-state index contributed by atoms with van der Waals surface area (Å²) in [5.74, 6) is 0.716. The molecule has 0 aromatic carbocycles. The first-order valence-electron chi connectivity index (χ1n) is 5.44. The summed E-state index contributed by atoms with van der Waals surface area (Å²) in [5.41, 5.74) is 7.58. The van der Waals surface area contributed by atoms with Gasteiger partial charge in [-0.3, -0.25) is 0 Å². The third kappa shape index (κ3) is 2.54. The molecule has 1 aromatic heterocycles. The number of rotatable bonds is 5. The van der Waals surface area contributed by atoms with Gasteiger partial charge in [-0.25, -0.2) is 4.68 Å². The first kappa shape index (κ1) is 13.0. The third-order valence-electron chi connectivity index (χ3n) is 2.38. The second kappa shape index (κ2) is 5.32. The summed E-state index contributed by atoms with van der Waals surface area (Å²) in [6, 6.07) is 0. The Kier molecular flexibility index (Phi) is 4.32. The maximum Gasteiger partial charge on any atom is 0.217 e. The van der Waals surface area contributed by atoms with Gasteiger partial charge in [-0.15, -0.1) is 0 Å². The van der Waals surface area contributed by atoms with Crippen LogP contribution in [0.4, 0.5) is 0 Å². The molecule has 5 heteroatoms. The normalized spacial score (nSPS) is 13.2. The van der Waals surface area contributed by atoms with Gasteiger partial charge in [-0.05, 0) is 20.8 Å². The van der Waals surface area contributed by atoms with Crippen LogP contribution in [0.3, 0.4) is 0 Å². The molecule has 0 bridgehead atoms. The van der Waals surface area contributed by atoms with Gasteiger partial charge in [-0.1, -0.05) is 0 Å². The Hall–Kier alpha value is -1.07. The number of aryl methyl sites for hydroxylation is 2. The van der Waals surface area contributed by atoms with E-state index in [0.29, 0.717) is 12.4 Å². The van der Waals surface area contributed by atoms with E-state index >= 15 is 0 Å². The molecular weight excluding hydrogens is 206 g/mol. The second-order valence-corrected chi connectivity index (χ2v) is 4.04. The highest BCUT2D eigenvalue weighted by Gasteiger charge is 2.23. The molecule has 0 fully saturated rings. The summed E-state index contributed by atoms with van der Waals surface area (Å²) < 4.78 is 12.8. The lowest BCUT2D eigenvalue weighted by Gasteiger charge is -2.19. The fourth-order valence-electron chi connectivity index (χ4n) is 1.84. The number of hydrogen-bond acceptors (Lipinski definition) is 4. The zero-order valence-corrected chi connectivity index (χ0v) is 10.7. The molecule has 0 spiro atoms. The zero-order valence-electron chi connectivity index (χ0n) is 10.7. The molecular formula is C11H21N3O2. The largest absolute Gasteiger partial charge is 0.481 e. The quantitative estimate of drug-likeness (QED) is 0.820. The number of aromatic nitrogens is 2. The number of hydrogen-bond donors (Lipinski definition) is 1. The average molecular weight is 227 g/mol. The summed E-state index contributed by atoms with van der Waals surface area (Å²) in [7, 11) is 3.47. The van der Waals surface area contributed by atoms with E-state index in [1.54, 1.807) is 11.8 Å². The topological polar surface area (TPSA) is 62.3 Å². The van der Waals surface area contributed by atoms with Crippen LogP contribution < -0.4 is 10.5 Å². The average Bonchev–Trinajstić information content (AvgIpc) is 2.49. The highest BCUT2D eigenvalue weighted by Crippen LogP contribution is 2.30. The van der Waals surface area contributed by atoms with Crippen LogP contribution in [0.25, 0.3) is 0 Å². The maximum atomic E-state index is 5.76. The van der Waals surface area contributed by atoms with Gasteiger partial charge >= 0.3 is 0 Å². The van der Waals surface area contributed by atoms with Crippen molar-refractivity contribution in [2.24, 2.45) is 12.8 Å². The van der Waals surface area contributed by atoms with Crippen LogP contribution in [-0.2, 0) is 11.8 Å². The highest BCUT2D eigenvalue weighted by atomic mass is 16.5. The smallest absolute Gasteiger partial charge is 0.217 e. The molecule has 1 atom stereocenters. The Morgan fingerprint density at radius 1 is 1.44 bits per heavy atom. The standard InChI is InChI=1S/C11H21N3O2/c1-7(2)16-9(6-12)10-8(3)13-14(4)11(10)15-5/h7,9H,6,12H2,1-5H3. The van der Waals surface area contributed by atoms with Crippen molar-refractivity contribution >= 4 is 0 Å². The van der Waals surface area contributed by atoms with Crippen LogP contribution in [0.1, 0.15) is 31.2 Å². The summed E-state index contributed by atoms with van der Waals surface area (Å²) in [6.07, 6.45) is -0.0403. The van der Waals surface area contributed by atoms with Crippen LogP contribution in [0.5, 0.6) is 5.88 Å². The minimum atomic E-state index is -0.163. The fraction of sp³-hybridized carbons (Fsp3) is 0.727. The first-order chi connectivity index (χ1) is 7.51. The van der Waals surface area contributed by atoms with E-state index in [1.807, 2.05) is 27.8 Å². The monoisotopic (exact) mass is 227 g/mol. The zero-order chi connectivity index (χ0) is 12.3. The lowest BCUT2D eigenvalue weighted by atomic mass is 10.1. The van der Waals surface area contributed by atoms with Crippen molar-refractivity contribution < 1.29 is 9.47 Å². The SMILES string of the molecule is COc1c(C(CN)OC(C)C)c(C)nn1C. The van der Waals surface area contributed by atoms with E-state index in [2.05, 4.69) is 5.10 Å². The maximum absolute atomic E-state index is 5.76. The Balaban J connectivity index is 3.08. The molecule has 2 N–H and O–H groups in total. The van der Waals surface area contributed by atoms with Crippen molar-refractivity contribution in [1.82, 2.24) is 9.78 Å². The Morgan fingerprint density at radius 3 is 2.50 bits per heavy atom. The molecule has 5 nitrogen and oxygen atoms in total. The van der Waals surface area contributed by atoms with Gasteiger partial charge in [0.15, 0.2) is 0 Å². The molecule has 0 saturated heterocycles. The molecule has 0 aliphatic carbocycles. The van der Waals surface area contributed by atoms with Crippen molar-refractivity contribution in [3.05, 3.63) is 11.3 Å². The van der Waals surface area contributed by atoms with E-state index in [1.165, 1.54) is 0 Å². The van der Waals surface area contributed by atoms with E-state index in [4.69, 9.17) is 15.2 Å². The minimum Gasteiger partial charge on any atom is -0.481 e. The minimum absolute atomic E-state index is 0.123. The number of nitrogens with zero attached hydrogens (tertiary/aromatic N) is 2. The van der Waals surface area contributed by atoms with E-state index in [0.717, 1.165) is 11.3 Å². The van der Waals surface area contributed by atoms with Gasteiger partial charge in [0.05, 0.1) is 24.5 Å². The fourth-order valence-corrected chi connectivity index (χ4v) is 1.84. The van der Waals surface area contributed by atoms with Gasteiger partial charge in [0.25, 0.3) is 0 Å². The first-order valence-corrected chi connectivity index (χ1v) is 5.44. The van der Waals surface area contributed by atoms with Crippen molar-refractivity contribution in [3.63, 3.8) is 0 Å². The van der Waals surface area contributed by atoms with Gasteiger partial charge in [-0.2, -0.15) is 5.10 Å². The molecule has 1 heterocycles. The van der Waals surface area contributed by atoms with Gasteiger partial charge in [0, 0.05) is 13.6 Å². The van der Waals surface area contributed by atoms with Crippen LogP contribution in [0.2, 0.25) is 0 Å². The summed E-state index contributed by atoms with van der Waals surface area (Å²) >= 11 is 0. The van der Waals surface area contributed by atoms with Crippen molar-refractivity contribution in [2.75, 3.05) is 13.7 Å². The molecule has 1 unspecified atom stereocenters. The highest BCUT2D eigenvalue weighted by molar-refractivity contribution is 5.33. The number of methoxy groups -OCH3 is 1. The molecule has 92 valence electrons. The van der Waals surface area contributed by atoms with E-state index < -0.39 is 0 Å². The van der Waals surface area contributed by atoms with Gasteiger partial charge in [0.2, 0.25) is 5.88 Å². The van der Waals surface area contributed by atoms with Crippen LogP contribution >= 0.6 is 0 Å². The molecule has 0 aliphatic rings. The lowest BCUT2D eigenvalue weighted by molar-refractivity contribution is 0.0103. The second-order valence-electron chi connectivity index (χ2n) is 4.04. The van der Waals surface area contributed by atoms with Gasteiger partial charge in [0.1, 0.15) is 6.10 Å². The third-order valence-corrected chi connectivity index (χ3v) is 2.38. The summed E-state index contributed by atoms with van der Waals surface area (Å²) in [5, 5.41) is 4.31. The van der Waals surface area contributed by atoms with Crippen LogP contribution in [0.15, 0.2) is 0 Å². The summed E-state index contributed by atoms with van der Waals surface area (Å²) in [4.78, 5) is 0. The van der Waals surface area contributed by atoms with Gasteiger partial charge < -0.3 is 15.2 Å². The molecule has 0 aliphatic heterocycles. The Labute approximate surface area is 96.5 Å². The molecule has 1 rings (SSSR count). The molecule has 0 radical (unpaired) electrons. The van der Waals surface area contributed by atoms with Crippen molar-refractivity contribution in [3.8, 4) is 5.88 Å². The molecule has 1 aromatic rings. The van der Waals surface area contributed by atoms with Crippen LogP contribution in [0, 0.1) is 6.92 Å². The molecule has 16 heavy (non-hydrogen) atoms. The number of ether oxygens (including phenoxy) is 2. The van der Waals surface area contributed by atoms with Crippen molar-refractivity contribution in [2.45, 2.75) is 33.0 Å². The van der Waals surface area contributed by atoms with E-state index in [-0.39, 0.29) is 12.2 Å².